The van der Waals surface area contributed by atoms with Crippen LogP contribution >= 0.6 is 11.3 Å². The highest BCUT2D eigenvalue weighted by molar-refractivity contribution is 7.09. The lowest BCUT2D eigenvalue weighted by molar-refractivity contribution is 0.0955. The van der Waals surface area contributed by atoms with Crippen LogP contribution in [-0.4, -0.2) is 19.0 Å². The van der Waals surface area contributed by atoms with E-state index in [9.17, 15) is 4.79 Å². The van der Waals surface area contributed by atoms with E-state index in [1.807, 2.05) is 31.2 Å². The van der Waals surface area contributed by atoms with Gasteiger partial charge >= 0.3 is 0 Å². The smallest absolute Gasteiger partial charge is 0.253 e. The summed E-state index contributed by atoms with van der Waals surface area (Å²) in [4.78, 5) is 13.6. The van der Waals surface area contributed by atoms with E-state index in [1.165, 1.54) is 4.88 Å². The van der Waals surface area contributed by atoms with Gasteiger partial charge in [0.15, 0.2) is 0 Å². The van der Waals surface area contributed by atoms with Gasteiger partial charge in [-0.05, 0) is 48.9 Å². The molecule has 0 aliphatic heterocycles. The van der Waals surface area contributed by atoms with E-state index < -0.39 is 0 Å². The summed E-state index contributed by atoms with van der Waals surface area (Å²) in [5.74, 6) is -0.00911. The second-order valence-electron chi connectivity index (χ2n) is 5.06. The van der Waals surface area contributed by atoms with Crippen molar-refractivity contribution in [2.24, 2.45) is 0 Å². The zero-order valence-electron chi connectivity index (χ0n) is 12.6. The van der Waals surface area contributed by atoms with Gasteiger partial charge in [0.25, 0.3) is 5.91 Å². The van der Waals surface area contributed by atoms with Crippen LogP contribution in [0.15, 0.2) is 35.7 Å². The quantitative estimate of drug-likeness (QED) is 0.815. The molecule has 0 radical (unpaired) electrons. The Bertz CT molecular complexity index is 578. The monoisotopic (exact) mass is 302 g/mol. The third-order valence-electron chi connectivity index (χ3n) is 3.22. The molecule has 0 saturated carbocycles. The van der Waals surface area contributed by atoms with Gasteiger partial charge in [0.2, 0.25) is 0 Å². The average molecular weight is 302 g/mol. The van der Waals surface area contributed by atoms with Crippen molar-refractivity contribution in [3.05, 3.63) is 51.7 Å². The van der Waals surface area contributed by atoms with Crippen LogP contribution in [0.5, 0.6) is 0 Å². The van der Waals surface area contributed by atoms with E-state index in [0.717, 1.165) is 36.2 Å². The Balaban J connectivity index is 1.97. The molecule has 0 fully saturated rings. The molecule has 112 valence electrons. The van der Waals surface area contributed by atoms with Crippen LogP contribution in [0.25, 0.3) is 0 Å². The van der Waals surface area contributed by atoms with E-state index in [-0.39, 0.29) is 5.91 Å². The van der Waals surface area contributed by atoms with Gasteiger partial charge < -0.3 is 10.6 Å². The first-order valence-electron chi connectivity index (χ1n) is 7.36. The van der Waals surface area contributed by atoms with Crippen molar-refractivity contribution in [1.29, 1.82) is 0 Å². The standard InChI is InChI=1S/C17H22N2OS/c1-3-9-18-16-12-13(2)6-7-15(16)17(20)19-10-8-14-5-4-11-21-14/h4-7,11-12,18H,3,8-10H2,1-2H3,(H,19,20). The molecule has 0 saturated heterocycles. The SMILES string of the molecule is CCCNc1cc(C)ccc1C(=O)NCCc1cccs1. The molecule has 3 nitrogen and oxygen atoms in total. The van der Waals surface area contributed by atoms with Gasteiger partial charge in [0, 0.05) is 23.7 Å². The average Bonchev–Trinajstić information content (AvgIpc) is 2.98. The Hall–Kier alpha value is -1.81. The first-order chi connectivity index (χ1) is 10.2. The number of amides is 1. The maximum absolute atomic E-state index is 12.3. The summed E-state index contributed by atoms with van der Waals surface area (Å²) >= 11 is 1.72. The van der Waals surface area contributed by atoms with Crippen LogP contribution < -0.4 is 10.6 Å². The molecule has 0 unspecified atom stereocenters. The van der Waals surface area contributed by atoms with Crippen LogP contribution in [0.2, 0.25) is 0 Å². The Labute approximate surface area is 130 Å². The fourth-order valence-electron chi connectivity index (χ4n) is 2.11. The number of hydrogen-bond acceptors (Lipinski definition) is 3. The number of aryl methyl sites for hydroxylation is 1. The fraction of sp³-hybridized carbons (Fsp3) is 0.353. The van der Waals surface area contributed by atoms with E-state index in [1.54, 1.807) is 11.3 Å². The number of nitrogens with one attached hydrogen (secondary N) is 2. The third-order valence-corrected chi connectivity index (χ3v) is 4.16. The van der Waals surface area contributed by atoms with Crippen LogP contribution in [0.4, 0.5) is 5.69 Å². The Morgan fingerprint density at radius 3 is 2.81 bits per heavy atom. The van der Waals surface area contributed by atoms with Crippen LogP contribution in [0.3, 0.4) is 0 Å². The number of thiophene rings is 1. The van der Waals surface area contributed by atoms with Crippen molar-refractivity contribution < 1.29 is 4.79 Å². The largest absolute Gasteiger partial charge is 0.384 e. The van der Waals surface area contributed by atoms with Crippen LogP contribution in [-0.2, 0) is 6.42 Å². The maximum Gasteiger partial charge on any atom is 0.253 e. The Morgan fingerprint density at radius 1 is 1.24 bits per heavy atom. The van der Waals surface area contributed by atoms with Crippen molar-refractivity contribution in [3.63, 3.8) is 0 Å². The number of rotatable bonds is 7. The summed E-state index contributed by atoms with van der Waals surface area (Å²) in [5, 5.41) is 8.39. The van der Waals surface area contributed by atoms with E-state index in [2.05, 4.69) is 29.0 Å². The Morgan fingerprint density at radius 2 is 2.10 bits per heavy atom. The van der Waals surface area contributed by atoms with Crippen molar-refractivity contribution in [1.82, 2.24) is 5.32 Å². The van der Waals surface area contributed by atoms with Gasteiger partial charge in [-0.25, -0.2) is 0 Å². The van der Waals surface area contributed by atoms with E-state index in [0.29, 0.717) is 6.54 Å². The molecule has 2 aromatic rings. The molecule has 1 aromatic carbocycles. The number of anilines is 1. The minimum Gasteiger partial charge on any atom is -0.384 e. The lowest BCUT2D eigenvalue weighted by Crippen LogP contribution is -2.26. The summed E-state index contributed by atoms with van der Waals surface area (Å²) < 4.78 is 0. The molecular weight excluding hydrogens is 280 g/mol. The molecule has 21 heavy (non-hydrogen) atoms. The lowest BCUT2D eigenvalue weighted by atomic mass is 10.1. The summed E-state index contributed by atoms with van der Waals surface area (Å²) in [5.41, 5.74) is 2.80. The highest BCUT2D eigenvalue weighted by Crippen LogP contribution is 2.18. The zero-order chi connectivity index (χ0) is 15.1. The van der Waals surface area contributed by atoms with Crippen molar-refractivity contribution in [3.8, 4) is 0 Å². The second kappa shape index (κ2) is 7.84. The molecule has 0 aliphatic carbocycles. The van der Waals surface area contributed by atoms with Gasteiger partial charge in [0.05, 0.1) is 5.56 Å². The van der Waals surface area contributed by atoms with Gasteiger partial charge in [-0.2, -0.15) is 0 Å². The molecule has 0 bridgehead atoms. The topological polar surface area (TPSA) is 41.1 Å². The summed E-state index contributed by atoms with van der Waals surface area (Å²) in [6.45, 7) is 5.69. The highest BCUT2D eigenvalue weighted by atomic mass is 32.1. The van der Waals surface area contributed by atoms with Gasteiger partial charge in [-0.3, -0.25) is 4.79 Å². The third kappa shape index (κ3) is 4.60. The van der Waals surface area contributed by atoms with Crippen molar-refractivity contribution >= 4 is 22.9 Å². The zero-order valence-corrected chi connectivity index (χ0v) is 13.4. The predicted molar refractivity (Wildman–Crippen MR) is 90.3 cm³/mol. The molecule has 1 heterocycles. The fourth-order valence-corrected chi connectivity index (χ4v) is 2.82. The normalized spacial score (nSPS) is 10.4. The van der Waals surface area contributed by atoms with Crippen molar-refractivity contribution in [2.45, 2.75) is 26.7 Å². The first-order valence-corrected chi connectivity index (χ1v) is 8.23. The van der Waals surface area contributed by atoms with Gasteiger partial charge in [0.1, 0.15) is 0 Å². The predicted octanol–water partition coefficient (Wildman–Crippen LogP) is 3.85. The molecule has 0 atom stereocenters. The molecule has 2 rings (SSSR count). The van der Waals surface area contributed by atoms with Crippen LogP contribution in [0.1, 0.15) is 34.1 Å². The maximum atomic E-state index is 12.3. The number of carbonyl (C=O) groups excluding carboxylic acids is 1. The molecule has 1 aromatic heterocycles. The van der Waals surface area contributed by atoms with Crippen LogP contribution in [0, 0.1) is 6.92 Å². The summed E-state index contributed by atoms with van der Waals surface area (Å²) in [6.07, 6.45) is 1.92. The summed E-state index contributed by atoms with van der Waals surface area (Å²) in [7, 11) is 0. The number of carbonyl (C=O) groups is 1. The number of benzene rings is 1. The molecule has 4 heteroatoms. The van der Waals surface area contributed by atoms with E-state index in [4.69, 9.17) is 0 Å². The van der Waals surface area contributed by atoms with Crippen molar-refractivity contribution in [2.75, 3.05) is 18.4 Å². The van der Waals surface area contributed by atoms with Gasteiger partial charge in [-0.15, -0.1) is 11.3 Å². The molecular formula is C17H22N2OS. The minimum absolute atomic E-state index is 0.00911. The molecule has 1 amide bonds. The first kappa shape index (κ1) is 15.6. The second-order valence-corrected chi connectivity index (χ2v) is 6.09. The van der Waals surface area contributed by atoms with E-state index >= 15 is 0 Å². The molecule has 0 aliphatic rings. The highest BCUT2D eigenvalue weighted by Gasteiger charge is 2.11. The lowest BCUT2D eigenvalue weighted by Gasteiger charge is -2.12. The van der Waals surface area contributed by atoms with Gasteiger partial charge in [-0.1, -0.05) is 19.1 Å². The minimum atomic E-state index is -0.00911. The molecule has 2 N–H and O–H groups in total. The Kier molecular flexibility index (Phi) is 5.81. The summed E-state index contributed by atoms with van der Waals surface area (Å²) in [6, 6.07) is 10.0. The number of hydrogen-bond donors (Lipinski definition) is 2. The molecule has 0 spiro atoms.